The summed E-state index contributed by atoms with van der Waals surface area (Å²) in [6.07, 6.45) is 11.2. The quantitative estimate of drug-likeness (QED) is 0.806. The van der Waals surface area contributed by atoms with Crippen LogP contribution >= 0.6 is 0 Å². The van der Waals surface area contributed by atoms with Gasteiger partial charge in [-0.1, -0.05) is 19.3 Å². The molecule has 0 aromatic carbocycles. The van der Waals surface area contributed by atoms with Gasteiger partial charge in [0.25, 0.3) is 0 Å². The Morgan fingerprint density at radius 3 is 2.83 bits per heavy atom. The molecule has 1 spiro atoms. The summed E-state index contributed by atoms with van der Waals surface area (Å²) < 4.78 is 7.70. The molecule has 2 aliphatic carbocycles. The number of ether oxygens (including phenoxy) is 1. The fourth-order valence-corrected chi connectivity index (χ4v) is 4.48. The summed E-state index contributed by atoms with van der Waals surface area (Å²) in [5, 5.41) is 4.06. The molecule has 2 aliphatic rings. The van der Waals surface area contributed by atoms with Gasteiger partial charge in [-0.2, -0.15) is 5.10 Å². The maximum Gasteiger partial charge on any atom is 0.224 e. The lowest BCUT2D eigenvalue weighted by Gasteiger charge is -2.60. The Hall–Kier alpha value is -1.43. The van der Waals surface area contributed by atoms with Crippen LogP contribution in [0.1, 0.15) is 51.9 Å². The number of aromatic nitrogens is 3. The SMILES string of the molecule is CCO[C@@H]1C[C@@H](N(C)C(=O)CCn2cncn2)C12CCCCC2. The summed E-state index contributed by atoms with van der Waals surface area (Å²) in [5.41, 5.74) is 0.200. The minimum Gasteiger partial charge on any atom is -0.378 e. The summed E-state index contributed by atoms with van der Waals surface area (Å²) in [6.45, 7) is 3.43. The summed E-state index contributed by atoms with van der Waals surface area (Å²) in [5.74, 6) is 0.199. The van der Waals surface area contributed by atoms with Crippen LogP contribution in [0.2, 0.25) is 0 Å². The van der Waals surface area contributed by atoms with E-state index in [2.05, 4.69) is 17.0 Å². The first-order valence-corrected chi connectivity index (χ1v) is 8.87. The van der Waals surface area contributed by atoms with Gasteiger partial charge in [-0.25, -0.2) is 4.98 Å². The number of carbonyl (C=O) groups excluding carboxylic acids is 1. The fourth-order valence-electron chi connectivity index (χ4n) is 4.48. The van der Waals surface area contributed by atoms with Crippen LogP contribution in [0.3, 0.4) is 0 Å². The second kappa shape index (κ2) is 6.99. The van der Waals surface area contributed by atoms with Gasteiger partial charge in [0.2, 0.25) is 5.91 Å². The molecular formula is C17H28N4O2. The zero-order valence-corrected chi connectivity index (χ0v) is 14.3. The van der Waals surface area contributed by atoms with Crippen LogP contribution in [-0.4, -0.2) is 51.4 Å². The Kier molecular flexibility index (Phi) is 4.99. The number of aryl methyl sites for hydroxylation is 1. The van der Waals surface area contributed by atoms with E-state index in [9.17, 15) is 4.79 Å². The largest absolute Gasteiger partial charge is 0.378 e. The van der Waals surface area contributed by atoms with Crippen molar-refractivity contribution in [2.75, 3.05) is 13.7 Å². The summed E-state index contributed by atoms with van der Waals surface area (Å²) >= 11 is 0. The Labute approximate surface area is 138 Å². The first-order valence-electron chi connectivity index (χ1n) is 8.87. The van der Waals surface area contributed by atoms with Gasteiger partial charge in [0, 0.05) is 31.5 Å². The molecule has 2 saturated carbocycles. The molecule has 0 radical (unpaired) electrons. The van der Waals surface area contributed by atoms with Crippen molar-refractivity contribution in [2.24, 2.45) is 5.41 Å². The smallest absolute Gasteiger partial charge is 0.224 e. The van der Waals surface area contributed by atoms with Crippen LogP contribution in [-0.2, 0) is 16.1 Å². The number of hydrogen-bond donors (Lipinski definition) is 0. The molecular weight excluding hydrogens is 292 g/mol. The second-order valence-electron chi connectivity index (χ2n) is 6.90. The third-order valence-electron chi connectivity index (χ3n) is 5.78. The van der Waals surface area contributed by atoms with Crippen molar-refractivity contribution in [1.82, 2.24) is 19.7 Å². The van der Waals surface area contributed by atoms with E-state index in [1.165, 1.54) is 38.4 Å². The molecule has 1 amide bonds. The number of nitrogens with zero attached hydrogens (tertiary/aromatic N) is 4. The van der Waals surface area contributed by atoms with E-state index in [1.54, 1.807) is 11.0 Å². The second-order valence-corrected chi connectivity index (χ2v) is 6.90. The van der Waals surface area contributed by atoms with Crippen LogP contribution in [0.4, 0.5) is 0 Å². The molecule has 3 rings (SSSR count). The van der Waals surface area contributed by atoms with E-state index in [0.29, 0.717) is 25.1 Å². The molecule has 2 atom stereocenters. The summed E-state index contributed by atoms with van der Waals surface area (Å²) in [7, 11) is 1.97. The molecule has 1 aromatic heterocycles. The molecule has 0 bridgehead atoms. The molecule has 0 saturated heterocycles. The average Bonchev–Trinajstić information content (AvgIpc) is 3.10. The normalized spacial score (nSPS) is 26.0. The molecule has 1 aromatic rings. The van der Waals surface area contributed by atoms with E-state index in [-0.39, 0.29) is 11.3 Å². The highest BCUT2D eigenvalue weighted by molar-refractivity contribution is 5.76. The highest BCUT2D eigenvalue weighted by atomic mass is 16.5. The van der Waals surface area contributed by atoms with Gasteiger partial charge >= 0.3 is 0 Å². The van der Waals surface area contributed by atoms with Gasteiger partial charge in [-0.05, 0) is 26.2 Å². The Bertz CT molecular complexity index is 511. The van der Waals surface area contributed by atoms with Crippen LogP contribution in [0.5, 0.6) is 0 Å². The van der Waals surface area contributed by atoms with Crippen LogP contribution in [0.25, 0.3) is 0 Å². The van der Waals surface area contributed by atoms with Crippen molar-refractivity contribution in [3.63, 3.8) is 0 Å². The van der Waals surface area contributed by atoms with Crippen LogP contribution in [0, 0.1) is 5.41 Å². The summed E-state index contributed by atoms with van der Waals surface area (Å²) in [6, 6.07) is 0.336. The number of amides is 1. The Morgan fingerprint density at radius 2 is 2.17 bits per heavy atom. The predicted octanol–water partition coefficient (Wildman–Crippen LogP) is 2.25. The molecule has 0 aliphatic heterocycles. The van der Waals surface area contributed by atoms with E-state index in [1.807, 2.05) is 11.9 Å². The van der Waals surface area contributed by atoms with Crippen molar-refractivity contribution >= 4 is 5.91 Å². The maximum atomic E-state index is 12.6. The zero-order valence-electron chi connectivity index (χ0n) is 14.3. The molecule has 2 fully saturated rings. The van der Waals surface area contributed by atoms with Crippen molar-refractivity contribution in [3.05, 3.63) is 12.7 Å². The molecule has 6 nitrogen and oxygen atoms in total. The van der Waals surface area contributed by atoms with Gasteiger partial charge in [0.05, 0.1) is 12.6 Å². The Balaban J connectivity index is 1.61. The van der Waals surface area contributed by atoms with Crippen LogP contribution < -0.4 is 0 Å². The van der Waals surface area contributed by atoms with Crippen LogP contribution in [0.15, 0.2) is 12.7 Å². The van der Waals surface area contributed by atoms with Crippen molar-refractivity contribution in [1.29, 1.82) is 0 Å². The van der Waals surface area contributed by atoms with Gasteiger partial charge < -0.3 is 9.64 Å². The molecule has 1 heterocycles. The molecule has 0 unspecified atom stereocenters. The average molecular weight is 320 g/mol. The van der Waals surface area contributed by atoms with E-state index < -0.39 is 0 Å². The van der Waals surface area contributed by atoms with Gasteiger partial charge in [-0.3, -0.25) is 9.48 Å². The minimum absolute atomic E-state index is 0.199. The van der Waals surface area contributed by atoms with E-state index in [4.69, 9.17) is 4.74 Å². The Morgan fingerprint density at radius 1 is 1.39 bits per heavy atom. The lowest BCUT2D eigenvalue weighted by atomic mass is 9.54. The molecule has 0 N–H and O–H groups in total. The van der Waals surface area contributed by atoms with Gasteiger partial charge in [0.1, 0.15) is 12.7 Å². The number of rotatable bonds is 6. The third-order valence-corrected chi connectivity index (χ3v) is 5.78. The van der Waals surface area contributed by atoms with E-state index in [0.717, 1.165) is 13.0 Å². The topological polar surface area (TPSA) is 60.2 Å². The molecule has 6 heteroatoms. The fraction of sp³-hybridized carbons (Fsp3) is 0.824. The maximum absolute atomic E-state index is 12.6. The monoisotopic (exact) mass is 320 g/mol. The first-order chi connectivity index (χ1) is 11.2. The molecule has 128 valence electrons. The minimum atomic E-state index is 0.199. The summed E-state index contributed by atoms with van der Waals surface area (Å²) in [4.78, 5) is 18.5. The number of carbonyl (C=O) groups is 1. The van der Waals surface area contributed by atoms with Crippen molar-refractivity contribution < 1.29 is 9.53 Å². The van der Waals surface area contributed by atoms with Crippen molar-refractivity contribution in [3.8, 4) is 0 Å². The number of hydrogen-bond acceptors (Lipinski definition) is 4. The van der Waals surface area contributed by atoms with E-state index >= 15 is 0 Å². The van der Waals surface area contributed by atoms with Crippen molar-refractivity contribution in [2.45, 2.75) is 70.6 Å². The standard InChI is InChI=1S/C17H28N4O2/c1-3-23-15-11-14(17(15)8-5-4-6-9-17)20(2)16(22)7-10-21-13-18-12-19-21/h12-15H,3-11H2,1-2H3/t14-,15-/m1/s1. The van der Waals surface area contributed by atoms with Gasteiger partial charge in [0.15, 0.2) is 0 Å². The molecule has 23 heavy (non-hydrogen) atoms. The highest BCUT2D eigenvalue weighted by Gasteiger charge is 2.57. The first kappa shape index (κ1) is 16.4. The highest BCUT2D eigenvalue weighted by Crippen LogP contribution is 2.55. The predicted molar refractivity (Wildman–Crippen MR) is 86.7 cm³/mol. The lowest BCUT2D eigenvalue weighted by Crippen LogP contribution is -2.65. The van der Waals surface area contributed by atoms with Gasteiger partial charge in [-0.15, -0.1) is 0 Å². The lowest BCUT2D eigenvalue weighted by molar-refractivity contribution is -0.185. The zero-order chi connectivity index (χ0) is 16.3. The third kappa shape index (κ3) is 3.13.